The Hall–Kier alpha value is -6.79. The van der Waals surface area contributed by atoms with E-state index in [0.29, 0.717) is 17.5 Å². The van der Waals surface area contributed by atoms with Crippen molar-refractivity contribution in [2.75, 3.05) is 0 Å². The fraction of sp³-hybridized carbons (Fsp3) is 0. The fourth-order valence-corrected chi connectivity index (χ4v) is 10.0. The molecular formula is C51H31N3S2. The van der Waals surface area contributed by atoms with Crippen LogP contribution < -0.4 is 0 Å². The highest BCUT2D eigenvalue weighted by molar-refractivity contribution is 7.26. The maximum Gasteiger partial charge on any atom is 0.164 e. The van der Waals surface area contributed by atoms with Gasteiger partial charge in [-0.15, -0.1) is 22.7 Å². The van der Waals surface area contributed by atoms with Gasteiger partial charge in [-0.25, -0.2) is 15.0 Å². The second-order valence-electron chi connectivity index (χ2n) is 14.0. The Kier molecular flexibility index (Phi) is 7.87. The first-order valence-electron chi connectivity index (χ1n) is 18.7. The summed E-state index contributed by atoms with van der Waals surface area (Å²) in [6.45, 7) is 0. The second kappa shape index (κ2) is 13.5. The van der Waals surface area contributed by atoms with Crippen LogP contribution in [0.5, 0.6) is 0 Å². The van der Waals surface area contributed by atoms with Crippen LogP contribution in [0.3, 0.4) is 0 Å². The van der Waals surface area contributed by atoms with Gasteiger partial charge in [0.15, 0.2) is 17.5 Å². The highest BCUT2D eigenvalue weighted by Crippen LogP contribution is 2.43. The van der Waals surface area contributed by atoms with Gasteiger partial charge in [0.25, 0.3) is 0 Å². The van der Waals surface area contributed by atoms with Gasteiger partial charge in [0.05, 0.1) is 0 Å². The summed E-state index contributed by atoms with van der Waals surface area (Å²) in [5, 5.41) is 5.21. The lowest BCUT2D eigenvalue weighted by atomic mass is 9.91. The molecule has 0 bridgehead atoms. The Morgan fingerprint density at radius 2 is 0.732 bits per heavy atom. The Morgan fingerprint density at radius 1 is 0.268 bits per heavy atom. The molecule has 5 heteroatoms. The number of fused-ring (bicyclic) bond motifs is 6. The monoisotopic (exact) mass is 749 g/mol. The SMILES string of the molecule is c1ccc(-c2nc(-c3ccccc3)nc(-c3ccc(-c4cc(-c5ccc6sc7ccccc7c6c5)cc(-c5cccc6sc7ccccc7c56)c4)cc3)n2)cc1. The van der Waals surface area contributed by atoms with Crippen molar-refractivity contribution in [3.8, 4) is 67.5 Å². The minimum absolute atomic E-state index is 0.644. The largest absolute Gasteiger partial charge is 0.208 e. The van der Waals surface area contributed by atoms with Crippen molar-refractivity contribution >= 4 is 63.0 Å². The average Bonchev–Trinajstić information content (AvgIpc) is 3.85. The minimum Gasteiger partial charge on any atom is -0.208 e. The van der Waals surface area contributed by atoms with Gasteiger partial charge in [-0.1, -0.05) is 140 Å². The summed E-state index contributed by atoms with van der Waals surface area (Å²) in [4.78, 5) is 14.8. The first-order chi connectivity index (χ1) is 27.7. The third-order valence-electron chi connectivity index (χ3n) is 10.5. The Balaban J connectivity index is 1.07. The van der Waals surface area contributed by atoms with Gasteiger partial charge >= 0.3 is 0 Å². The first-order valence-corrected chi connectivity index (χ1v) is 20.3. The highest BCUT2D eigenvalue weighted by atomic mass is 32.1. The molecule has 0 amide bonds. The van der Waals surface area contributed by atoms with Crippen molar-refractivity contribution < 1.29 is 0 Å². The molecule has 11 rings (SSSR count). The van der Waals surface area contributed by atoms with Crippen LogP contribution in [0, 0.1) is 0 Å². The number of aromatic nitrogens is 3. The molecule has 3 aromatic heterocycles. The summed E-state index contributed by atoms with van der Waals surface area (Å²) < 4.78 is 5.23. The van der Waals surface area contributed by atoms with E-state index in [0.717, 1.165) is 27.8 Å². The quantitative estimate of drug-likeness (QED) is 0.170. The van der Waals surface area contributed by atoms with E-state index < -0.39 is 0 Å². The predicted molar refractivity (Wildman–Crippen MR) is 238 cm³/mol. The predicted octanol–water partition coefficient (Wildman–Crippen LogP) is 14.6. The molecule has 0 aliphatic heterocycles. The average molecular weight is 750 g/mol. The number of benzene rings is 8. The van der Waals surface area contributed by atoms with E-state index in [1.165, 1.54) is 62.6 Å². The standard InChI is InChI=1S/C51H31N3S2/c1-3-12-33(13-4-1)49-52-50(34-14-5-2-6-15-34)54-51(53-49)35-24-22-32(23-25-35)37-28-38(36-26-27-46-43(31-36)41-16-7-9-19-44(41)55-46)30-39(29-37)40-18-11-21-47-48(40)42-17-8-10-20-45(42)56-47/h1-31H. The van der Waals surface area contributed by atoms with Crippen LogP contribution in [0.1, 0.15) is 0 Å². The van der Waals surface area contributed by atoms with E-state index in [4.69, 9.17) is 15.0 Å². The third kappa shape index (κ3) is 5.77. The van der Waals surface area contributed by atoms with Crippen LogP contribution >= 0.6 is 22.7 Å². The summed E-state index contributed by atoms with van der Waals surface area (Å²) >= 11 is 3.71. The fourth-order valence-electron chi connectivity index (χ4n) is 7.79. The van der Waals surface area contributed by atoms with Crippen molar-refractivity contribution in [3.05, 3.63) is 188 Å². The van der Waals surface area contributed by atoms with Crippen molar-refractivity contribution in [2.45, 2.75) is 0 Å². The van der Waals surface area contributed by atoms with Crippen molar-refractivity contribution in [1.82, 2.24) is 15.0 Å². The van der Waals surface area contributed by atoms with Crippen molar-refractivity contribution in [1.29, 1.82) is 0 Å². The highest BCUT2D eigenvalue weighted by Gasteiger charge is 2.16. The smallest absolute Gasteiger partial charge is 0.164 e. The van der Waals surface area contributed by atoms with Gasteiger partial charge in [0.1, 0.15) is 0 Å². The zero-order chi connectivity index (χ0) is 37.0. The van der Waals surface area contributed by atoms with Gasteiger partial charge in [-0.2, -0.15) is 0 Å². The zero-order valence-corrected chi connectivity index (χ0v) is 31.7. The molecule has 3 heterocycles. The molecule has 0 aliphatic rings. The molecule has 0 saturated carbocycles. The van der Waals surface area contributed by atoms with E-state index in [1.54, 1.807) is 0 Å². The number of rotatable bonds is 6. The molecule has 0 fully saturated rings. The van der Waals surface area contributed by atoms with Crippen LogP contribution in [0.4, 0.5) is 0 Å². The van der Waals surface area contributed by atoms with E-state index in [9.17, 15) is 0 Å². The van der Waals surface area contributed by atoms with Gasteiger partial charge < -0.3 is 0 Å². The van der Waals surface area contributed by atoms with Gasteiger partial charge in [-0.05, 0) is 81.9 Å². The molecule has 262 valence electrons. The van der Waals surface area contributed by atoms with Crippen LogP contribution in [0.15, 0.2) is 188 Å². The normalized spacial score (nSPS) is 11.6. The van der Waals surface area contributed by atoms with E-state index in [-0.39, 0.29) is 0 Å². The van der Waals surface area contributed by atoms with E-state index >= 15 is 0 Å². The van der Waals surface area contributed by atoms with Crippen LogP contribution in [0.2, 0.25) is 0 Å². The van der Waals surface area contributed by atoms with Crippen LogP contribution in [-0.2, 0) is 0 Å². The van der Waals surface area contributed by atoms with Crippen LogP contribution in [0.25, 0.3) is 108 Å². The number of nitrogens with zero attached hydrogens (tertiary/aromatic N) is 3. The first kappa shape index (κ1) is 32.6. The van der Waals surface area contributed by atoms with Gasteiger partial charge in [-0.3, -0.25) is 0 Å². The minimum atomic E-state index is 0.644. The maximum atomic E-state index is 4.98. The Labute approximate surface area is 331 Å². The lowest BCUT2D eigenvalue weighted by Crippen LogP contribution is -2.00. The van der Waals surface area contributed by atoms with E-state index in [1.807, 2.05) is 83.3 Å². The number of thiophene rings is 2. The lowest BCUT2D eigenvalue weighted by molar-refractivity contribution is 1.07. The molecule has 0 saturated heterocycles. The molecule has 0 atom stereocenters. The lowest BCUT2D eigenvalue weighted by Gasteiger charge is -2.13. The summed E-state index contributed by atoms with van der Waals surface area (Å²) in [7, 11) is 0. The Bertz CT molecular complexity index is 3180. The molecule has 3 nitrogen and oxygen atoms in total. The maximum absolute atomic E-state index is 4.98. The molecule has 8 aromatic carbocycles. The van der Waals surface area contributed by atoms with Gasteiger partial charge in [0.2, 0.25) is 0 Å². The molecule has 0 N–H and O–H groups in total. The zero-order valence-electron chi connectivity index (χ0n) is 30.1. The molecule has 11 aromatic rings. The molecule has 0 spiro atoms. The molecule has 0 unspecified atom stereocenters. The molecule has 0 radical (unpaired) electrons. The number of hydrogen-bond acceptors (Lipinski definition) is 5. The molecular weight excluding hydrogens is 719 g/mol. The third-order valence-corrected chi connectivity index (χ3v) is 12.8. The number of hydrogen-bond donors (Lipinski definition) is 0. The van der Waals surface area contributed by atoms with Crippen LogP contribution in [-0.4, -0.2) is 15.0 Å². The Morgan fingerprint density at radius 3 is 1.41 bits per heavy atom. The summed E-state index contributed by atoms with van der Waals surface area (Å²) in [6.07, 6.45) is 0. The van der Waals surface area contributed by atoms with Gasteiger partial charge in [0, 0.05) is 57.0 Å². The summed E-state index contributed by atoms with van der Waals surface area (Å²) in [6, 6.07) is 67.1. The van der Waals surface area contributed by atoms with E-state index in [2.05, 4.69) is 127 Å². The second-order valence-corrected chi connectivity index (χ2v) is 16.2. The summed E-state index contributed by atoms with van der Waals surface area (Å²) in [5.41, 5.74) is 9.96. The molecule has 56 heavy (non-hydrogen) atoms. The van der Waals surface area contributed by atoms with Crippen molar-refractivity contribution in [3.63, 3.8) is 0 Å². The van der Waals surface area contributed by atoms with Crippen molar-refractivity contribution in [2.24, 2.45) is 0 Å². The summed E-state index contributed by atoms with van der Waals surface area (Å²) in [5.74, 6) is 1.95. The topological polar surface area (TPSA) is 38.7 Å². The molecule has 0 aliphatic carbocycles.